The van der Waals surface area contributed by atoms with Crippen molar-refractivity contribution < 1.29 is 4.92 Å². The quantitative estimate of drug-likeness (QED) is 0.584. The lowest BCUT2D eigenvalue weighted by Crippen LogP contribution is -2.11. The van der Waals surface area contributed by atoms with Gasteiger partial charge in [-0.1, -0.05) is 0 Å². The van der Waals surface area contributed by atoms with E-state index < -0.39 is 4.92 Å². The molecule has 0 atom stereocenters. The zero-order valence-electron chi connectivity index (χ0n) is 8.26. The van der Waals surface area contributed by atoms with E-state index in [2.05, 4.69) is 15.0 Å². The van der Waals surface area contributed by atoms with Crippen molar-refractivity contribution >= 4 is 22.5 Å². The van der Waals surface area contributed by atoms with Crippen LogP contribution in [0.3, 0.4) is 0 Å². The van der Waals surface area contributed by atoms with Gasteiger partial charge in [-0.05, 0) is 0 Å². The molecule has 7 heteroatoms. The third-order valence-electron chi connectivity index (χ3n) is 2.05. The van der Waals surface area contributed by atoms with Crippen LogP contribution in [0.25, 0.3) is 11.0 Å². The fraction of sp³-hybridized carbons (Fsp3) is 0.250. The number of nitrogens with one attached hydrogen (secondary N) is 1. The maximum atomic E-state index is 10.8. The second-order valence-electron chi connectivity index (χ2n) is 3.25. The monoisotopic (exact) mass is 207 g/mol. The first-order chi connectivity index (χ1) is 7.11. The summed E-state index contributed by atoms with van der Waals surface area (Å²) in [7, 11) is 3.55. The highest BCUT2D eigenvalue weighted by atomic mass is 16.6. The third-order valence-corrected chi connectivity index (χ3v) is 2.05. The molecule has 0 spiro atoms. The molecule has 0 saturated heterocycles. The third kappa shape index (κ3) is 1.37. The van der Waals surface area contributed by atoms with Gasteiger partial charge in [0.25, 0.3) is 5.69 Å². The summed E-state index contributed by atoms with van der Waals surface area (Å²) >= 11 is 0. The van der Waals surface area contributed by atoms with Crippen molar-refractivity contribution in [2.75, 3.05) is 19.0 Å². The standard InChI is InChI=1S/C8H9N5O2/c1-12(2)8-6-5(13(14)15)3-9-7(6)10-4-11-8/h3-4H,1-2H3,(H,9,10,11). The molecule has 7 nitrogen and oxygen atoms in total. The number of hydrogen-bond acceptors (Lipinski definition) is 5. The van der Waals surface area contributed by atoms with Gasteiger partial charge in [-0.2, -0.15) is 0 Å². The van der Waals surface area contributed by atoms with Gasteiger partial charge in [-0.25, -0.2) is 9.97 Å². The first-order valence-corrected chi connectivity index (χ1v) is 4.25. The maximum Gasteiger partial charge on any atom is 0.299 e. The van der Waals surface area contributed by atoms with Crippen LogP contribution in [0.5, 0.6) is 0 Å². The molecule has 0 saturated carbocycles. The minimum absolute atomic E-state index is 0.00528. The molecule has 15 heavy (non-hydrogen) atoms. The largest absolute Gasteiger partial charge is 0.362 e. The molecule has 0 aliphatic heterocycles. The summed E-state index contributed by atoms with van der Waals surface area (Å²) in [6, 6.07) is 0. The van der Waals surface area contributed by atoms with Crippen LogP contribution in [-0.4, -0.2) is 34.0 Å². The Morgan fingerprint density at radius 1 is 1.47 bits per heavy atom. The molecule has 1 N–H and O–H groups in total. The Morgan fingerprint density at radius 3 is 2.80 bits per heavy atom. The summed E-state index contributed by atoms with van der Waals surface area (Å²) in [5.74, 6) is 0.535. The fourth-order valence-corrected chi connectivity index (χ4v) is 1.41. The molecule has 0 bridgehead atoms. The summed E-state index contributed by atoms with van der Waals surface area (Å²) in [4.78, 5) is 22.7. The van der Waals surface area contributed by atoms with Gasteiger partial charge in [0.15, 0.2) is 0 Å². The van der Waals surface area contributed by atoms with E-state index in [1.807, 2.05) is 0 Å². The Morgan fingerprint density at radius 2 is 2.20 bits per heavy atom. The van der Waals surface area contributed by atoms with Crippen LogP contribution in [0, 0.1) is 10.1 Å². The molecule has 0 unspecified atom stereocenters. The van der Waals surface area contributed by atoms with Crippen molar-refractivity contribution in [3.05, 3.63) is 22.6 Å². The van der Waals surface area contributed by atoms with Crippen molar-refractivity contribution in [3.63, 3.8) is 0 Å². The highest BCUT2D eigenvalue weighted by Crippen LogP contribution is 2.30. The topological polar surface area (TPSA) is 88.0 Å². The minimum atomic E-state index is -0.449. The first-order valence-electron chi connectivity index (χ1n) is 4.25. The Hall–Kier alpha value is -2.18. The summed E-state index contributed by atoms with van der Waals surface area (Å²) in [5, 5.41) is 11.2. The van der Waals surface area contributed by atoms with Gasteiger partial charge in [0.05, 0.1) is 11.1 Å². The fourth-order valence-electron chi connectivity index (χ4n) is 1.41. The number of rotatable bonds is 2. The summed E-state index contributed by atoms with van der Waals surface area (Å²) < 4.78 is 0. The van der Waals surface area contributed by atoms with Crippen LogP contribution in [0.4, 0.5) is 11.5 Å². The predicted octanol–water partition coefficient (Wildman–Crippen LogP) is 0.932. The second-order valence-corrected chi connectivity index (χ2v) is 3.25. The minimum Gasteiger partial charge on any atom is -0.362 e. The van der Waals surface area contributed by atoms with Gasteiger partial charge in [0.2, 0.25) is 0 Å². The Balaban J connectivity index is 2.80. The number of aromatic nitrogens is 3. The van der Waals surface area contributed by atoms with Crippen molar-refractivity contribution in [2.45, 2.75) is 0 Å². The van der Waals surface area contributed by atoms with Gasteiger partial charge in [-0.15, -0.1) is 0 Å². The SMILES string of the molecule is CN(C)c1ncnc2[nH]cc([N+](=O)[O-])c12. The second kappa shape index (κ2) is 3.19. The van der Waals surface area contributed by atoms with Crippen molar-refractivity contribution in [2.24, 2.45) is 0 Å². The number of H-pyrrole nitrogens is 1. The molecule has 0 aliphatic carbocycles. The van der Waals surface area contributed by atoms with Crippen LogP contribution in [0.2, 0.25) is 0 Å². The molecule has 2 heterocycles. The molecule has 0 aliphatic rings. The smallest absolute Gasteiger partial charge is 0.299 e. The molecule has 0 aromatic carbocycles. The molecule has 78 valence electrons. The number of hydrogen-bond donors (Lipinski definition) is 1. The van der Waals surface area contributed by atoms with E-state index in [0.29, 0.717) is 16.9 Å². The van der Waals surface area contributed by atoms with E-state index in [0.717, 1.165) is 0 Å². The molecule has 0 amide bonds. The van der Waals surface area contributed by atoms with Gasteiger partial charge >= 0.3 is 0 Å². The maximum absolute atomic E-state index is 10.8. The molecule has 2 rings (SSSR count). The van der Waals surface area contributed by atoms with Crippen LogP contribution in [0.15, 0.2) is 12.5 Å². The molecule has 0 fully saturated rings. The van der Waals surface area contributed by atoms with Crippen LogP contribution < -0.4 is 4.90 Å². The lowest BCUT2D eigenvalue weighted by molar-refractivity contribution is -0.383. The molecule has 2 aromatic heterocycles. The van der Waals surface area contributed by atoms with Crippen LogP contribution >= 0.6 is 0 Å². The molecular formula is C8H9N5O2. The van der Waals surface area contributed by atoms with Gasteiger partial charge in [0.1, 0.15) is 23.2 Å². The zero-order chi connectivity index (χ0) is 11.0. The van der Waals surface area contributed by atoms with Gasteiger partial charge in [0, 0.05) is 14.1 Å². The molecule has 2 aromatic rings. The zero-order valence-corrected chi connectivity index (χ0v) is 8.26. The van der Waals surface area contributed by atoms with E-state index in [1.54, 1.807) is 19.0 Å². The normalized spacial score (nSPS) is 10.5. The summed E-state index contributed by atoms with van der Waals surface area (Å²) in [6.45, 7) is 0. The van der Waals surface area contributed by atoms with E-state index >= 15 is 0 Å². The highest BCUT2D eigenvalue weighted by Gasteiger charge is 2.20. The van der Waals surface area contributed by atoms with Crippen molar-refractivity contribution in [1.29, 1.82) is 0 Å². The predicted molar refractivity (Wildman–Crippen MR) is 54.9 cm³/mol. The Kier molecular flexibility index (Phi) is 2.00. The van der Waals surface area contributed by atoms with E-state index in [1.165, 1.54) is 12.5 Å². The van der Waals surface area contributed by atoms with Crippen molar-refractivity contribution in [1.82, 2.24) is 15.0 Å². The average Bonchev–Trinajstić information content (AvgIpc) is 2.60. The number of aromatic amines is 1. The highest BCUT2D eigenvalue weighted by molar-refractivity contribution is 5.95. The number of nitrogens with zero attached hydrogens (tertiary/aromatic N) is 4. The van der Waals surface area contributed by atoms with Crippen LogP contribution in [0.1, 0.15) is 0 Å². The summed E-state index contributed by atoms with van der Waals surface area (Å²) in [5.41, 5.74) is 0.467. The van der Waals surface area contributed by atoms with Gasteiger partial charge in [-0.3, -0.25) is 10.1 Å². The lowest BCUT2D eigenvalue weighted by Gasteiger charge is -2.10. The Bertz CT molecular complexity index is 519. The van der Waals surface area contributed by atoms with E-state index in [-0.39, 0.29) is 5.69 Å². The number of anilines is 1. The van der Waals surface area contributed by atoms with Crippen molar-refractivity contribution in [3.8, 4) is 0 Å². The molecule has 0 radical (unpaired) electrons. The number of fused-ring (bicyclic) bond motifs is 1. The average molecular weight is 207 g/mol. The summed E-state index contributed by atoms with van der Waals surface area (Å²) in [6.07, 6.45) is 2.70. The van der Waals surface area contributed by atoms with Gasteiger partial charge < -0.3 is 9.88 Å². The molecular weight excluding hydrogens is 198 g/mol. The first kappa shape index (κ1) is 9.38. The van der Waals surface area contributed by atoms with E-state index in [9.17, 15) is 10.1 Å². The lowest BCUT2D eigenvalue weighted by atomic mass is 10.3. The number of nitro groups is 1. The van der Waals surface area contributed by atoms with Crippen LogP contribution in [-0.2, 0) is 0 Å². The Labute approximate surface area is 84.9 Å². The van der Waals surface area contributed by atoms with E-state index in [4.69, 9.17) is 0 Å².